The lowest BCUT2D eigenvalue weighted by atomic mass is 9.98. The second-order valence-electron chi connectivity index (χ2n) is 6.18. The number of carbonyl (C=O) groups excluding carboxylic acids is 2. The summed E-state index contributed by atoms with van der Waals surface area (Å²) in [7, 11) is 0. The van der Waals surface area contributed by atoms with Crippen LogP contribution in [0.1, 0.15) is 31.6 Å². The topological polar surface area (TPSA) is 89.8 Å². The van der Waals surface area contributed by atoms with Crippen LogP contribution < -0.4 is 0 Å². The molecule has 1 aromatic heterocycles. The summed E-state index contributed by atoms with van der Waals surface area (Å²) in [5, 5.41) is 12.8. The summed E-state index contributed by atoms with van der Waals surface area (Å²) in [6.07, 6.45) is 2.00. The average molecular weight is 338 g/mol. The number of amides is 2. The summed E-state index contributed by atoms with van der Waals surface area (Å²) in [5.74, 6) is -1.12. The normalized spacial score (nSPS) is 19.0. The van der Waals surface area contributed by atoms with Crippen LogP contribution in [0.4, 0.5) is 4.79 Å². The zero-order valence-electron chi connectivity index (χ0n) is 13.1. The van der Waals surface area contributed by atoms with Gasteiger partial charge in [-0.25, -0.2) is 9.69 Å². The van der Waals surface area contributed by atoms with E-state index in [4.69, 9.17) is 4.74 Å². The first kappa shape index (κ1) is 17.1. The van der Waals surface area contributed by atoms with Crippen molar-refractivity contribution in [1.82, 2.24) is 4.90 Å². The molecule has 8 heteroatoms. The molecule has 1 aliphatic rings. The zero-order chi connectivity index (χ0) is 17.2. The van der Waals surface area contributed by atoms with E-state index in [-0.39, 0.29) is 6.54 Å². The third-order valence-electron chi connectivity index (χ3n) is 3.23. The number of ether oxygens (including phenoxy) is 1. The number of hydrogen-bond acceptors (Lipinski definition) is 6. The van der Waals surface area contributed by atoms with Gasteiger partial charge in [0.05, 0.1) is 12.0 Å². The van der Waals surface area contributed by atoms with Crippen molar-refractivity contribution >= 4 is 23.3 Å². The predicted molar refractivity (Wildman–Crippen MR) is 84.9 cm³/mol. The standard InChI is InChI=1S/C15H18N2O5S/c1-15(2,3)22-14(19)17-11(6-7-13(17)18)10(9-16(20)21)12-5-4-8-23-12/h4-8,10-11H,9H2,1-3H3/t10-,11-/m1/s1. The molecule has 124 valence electrons. The highest BCUT2D eigenvalue weighted by Gasteiger charge is 2.42. The third-order valence-corrected chi connectivity index (χ3v) is 4.23. The van der Waals surface area contributed by atoms with E-state index < -0.39 is 34.5 Å². The molecule has 1 aliphatic heterocycles. The minimum absolute atomic E-state index is 0.373. The van der Waals surface area contributed by atoms with E-state index in [0.717, 1.165) is 9.78 Å². The Balaban J connectivity index is 2.29. The Bertz CT molecular complexity index is 633. The van der Waals surface area contributed by atoms with Crippen LogP contribution in [-0.2, 0) is 9.53 Å². The molecule has 7 nitrogen and oxygen atoms in total. The Labute approximate surface area is 137 Å². The molecular weight excluding hydrogens is 320 g/mol. The third kappa shape index (κ3) is 4.16. The Kier molecular flexibility index (Phi) is 4.84. The smallest absolute Gasteiger partial charge is 0.417 e. The molecule has 0 bridgehead atoms. The molecule has 0 saturated carbocycles. The molecule has 2 amide bonds. The number of rotatable bonds is 4. The van der Waals surface area contributed by atoms with Crippen molar-refractivity contribution in [2.45, 2.75) is 38.3 Å². The summed E-state index contributed by atoms with van der Waals surface area (Å²) < 4.78 is 5.25. The molecule has 0 spiro atoms. The number of thiophene rings is 1. The van der Waals surface area contributed by atoms with Gasteiger partial charge in [-0.3, -0.25) is 14.9 Å². The number of nitrogens with zero attached hydrogens (tertiary/aromatic N) is 2. The van der Waals surface area contributed by atoms with Crippen LogP contribution in [0.25, 0.3) is 0 Å². The summed E-state index contributed by atoms with van der Waals surface area (Å²) >= 11 is 1.36. The Morgan fingerprint density at radius 2 is 2.22 bits per heavy atom. The van der Waals surface area contributed by atoms with Crippen LogP contribution in [0.3, 0.4) is 0 Å². The lowest BCUT2D eigenvalue weighted by molar-refractivity contribution is -0.484. The monoisotopic (exact) mass is 338 g/mol. The SMILES string of the molecule is CC(C)(C)OC(=O)N1C(=O)C=C[C@@H]1[C@@H](C[N+](=O)[O-])c1cccs1. The molecule has 0 fully saturated rings. The van der Waals surface area contributed by atoms with Gasteiger partial charge >= 0.3 is 6.09 Å². The molecule has 0 aromatic carbocycles. The van der Waals surface area contributed by atoms with E-state index in [2.05, 4.69) is 0 Å². The van der Waals surface area contributed by atoms with E-state index in [1.807, 2.05) is 0 Å². The minimum atomic E-state index is -0.789. The number of imide groups is 1. The Hall–Kier alpha value is -2.22. The van der Waals surface area contributed by atoms with Gasteiger partial charge < -0.3 is 4.74 Å². The molecule has 0 unspecified atom stereocenters. The Morgan fingerprint density at radius 1 is 1.52 bits per heavy atom. The van der Waals surface area contributed by atoms with Crippen LogP contribution in [-0.4, -0.2) is 40.0 Å². The molecule has 0 aliphatic carbocycles. The maximum atomic E-state index is 12.3. The van der Waals surface area contributed by atoms with Gasteiger partial charge in [0.2, 0.25) is 6.54 Å². The van der Waals surface area contributed by atoms with Gasteiger partial charge in [-0.2, -0.15) is 0 Å². The number of nitro groups is 1. The van der Waals surface area contributed by atoms with E-state index in [9.17, 15) is 19.7 Å². The van der Waals surface area contributed by atoms with Gasteiger partial charge in [0.1, 0.15) is 5.60 Å². The minimum Gasteiger partial charge on any atom is -0.443 e. The van der Waals surface area contributed by atoms with E-state index in [1.54, 1.807) is 38.3 Å². The number of hydrogen-bond donors (Lipinski definition) is 0. The highest BCUT2D eigenvalue weighted by atomic mass is 32.1. The quantitative estimate of drug-likeness (QED) is 0.622. The second-order valence-corrected chi connectivity index (χ2v) is 7.15. The molecule has 2 rings (SSSR count). The second kappa shape index (κ2) is 6.49. The predicted octanol–water partition coefficient (Wildman–Crippen LogP) is 2.81. The van der Waals surface area contributed by atoms with Gasteiger partial charge in [-0.15, -0.1) is 11.3 Å². The van der Waals surface area contributed by atoms with Gasteiger partial charge in [0.25, 0.3) is 5.91 Å². The highest BCUT2D eigenvalue weighted by Crippen LogP contribution is 2.32. The van der Waals surface area contributed by atoms with Crippen molar-refractivity contribution < 1.29 is 19.2 Å². The molecule has 1 aromatic rings. The van der Waals surface area contributed by atoms with Crippen LogP contribution in [0.5, 0.6) is 0 Å². The van der Waals surface area contributed by atoms with Gasteiger partial charge in [-0.1, -0.05) is 12.1 Å². The molecule has 2 heterocycles. The fourth-order valence-electron chi connectivity index (χ4n) is 2.36. The average Bonchev–Trinajstić information content (AvgIpc) is 3.02. The van der Waals surface area contributed by atoms with Crippen LogP contribution >= 0.6 is 11.3 Å². The fourth-order valence-corrected chi connectivity index (χ4v) is 3.22. The van der Waals surface area contributed by atoms with Crippen LogP contribution in [0.15, 0.2) is 29.7 Å². The summed E-state index contributed by atoms with van der Waals surface area (Å²) in [6, 6.07) is 2.83. The van der Waals surface area contributed by atoms with Gasteiger partial charge in [0.15, 0.2) is 0 Å². The maximum absolute atomic E-state index is 12.3. The summed E-state index contributed by atoms with van der Waals surface area (Å²) in [5.41, 5.74) is -0.758. The lowest BCUT2D eigenvalue weighted by Crippen LogP contribution is -2.46. The van der Waals surface area contributed by atoms with Crippen molar-refractivity contribution in [2.75, 3.05) is 6.54 Å². The number of carbonyl (C=O) groups is 2. The van der Waals surface area contributed by atoms with Crippen molar-refractivity contribution in [3.8, 4) is 0 Å². The van der Waals surface area contributed by atoms with Crippen molar-refractivity contribution in [3.63, 3.8) is 0 Å². The first-order valence-electron chi connectivity index (χ1n) is 7.08. The molecular formula is C15H18N2O5S. The maximum Gasteiger partial charge on any atom is 0.417 e. The Morgan fingerprint density at radius 3 is 2.74 bits per heavy atom. The highest BCUT2D eigenvalue weighted by molar-refractivity contribution is 7.10. The zero-order valence-corrected chi connectivity index (χ0v) is 13.9. The molecule has 0 N–H and O–H groups in total. The van der Waals surface area contributed by atoms with Crippen LogP contribution in [0, 0.1) is 10.1 Å². The largest absolute Gasteiger partial charge is 0.443 e. The van der Waals surface area contributed by atoms with E-state index in [0.29, 0.717) is 0 Å². The summed E-state index contributed by atoms with van der Waals surface area (Å²) in [4.78, 5) is 36.6. The van der Waals surface area contributed by atoms with Gasteiger partial charge in [0, 0.05) is 15.9 Å². The molecule has 2 atom stereocenters. The van der Waals surface area contributed by atoms with Crippen molar-refractivity contribution in [3.05, 3.63) is 44.7 Å². The van der Waals surface area contributed by atoms with E-state index >= 15 is 0 Å². The van der Waals surface area contributed by atoms with Crippen LogP contribution in [0.2, 0.25) is 0 Å². The summed E-state index contributed by atoms with van der Waals surface area (Å²) in [6.45, 7) is 4.72. The molecule has 23 heavy (non-hydrogen) atoms. The fraction of sp³-hybridized carbons (Fsp3) is 0.467. The molecule has 0 saturated heterocycles. The first-order valence-corrected chi connectivity index (χ1v) is 7.96. The van der Waals surface area contributed by atoms with Crippen molar-refractivity contribution in [1.29, 1.82) is 0 Å². The lowest BCUT2D eigenvalue weighted by Gasteiger charge is -2.29. The van der Waals surface area contributed by atoms with Crippen molar-refractivity contribution in [2.24, 2.45) is 0 Å². The first-order chi connectivity index (χ1) is 10.7. The van der Waals surface area contributed by atoms with Gasteiger partial charge in [-0.05, 0) is 32.2 Å². The molecule has 0 radical (unpaired) electrons. The van der Waals surface area contributed by atoms with E-state index in [1.165, 1.54) is 23.5 Å².